The van der Waals surface area contributed by atoms with E-state index >= 15 is 0 Å². The van der Waals surface area contributed by atoms with Crippen molar-refractivity contribution in [3.8, 4) is 0 Å². The summed E-state index contributed by atoms with van der Waals surface area (Å²) in [6, 6.07) is 6.69. The van der Waals surface area contributed by atoms with Gasteiger partial charge in [0.1, 0.15) is 6.29 Å². The number of hydrogen-bond acceptors (Lipinski definition) is 1. The van der Waals surface area contributed by atoms with Gasteiger partial charge >= 0.3 is 0 Å². The van der Waals surface area contributed by atoms with E-state index in [9.17, 15) is 4.79 Å². The lowest BCUT2D eigenvalue weighted by atomic mass is 9.99. The normalized spacial score (nSPS) is 19.4. The predicted molar refractivity (Wildman–Crippen MR) is 57.6 cm³/mol. The average Bonchev–Trinajstić information content (AvgIpc) is 2.57. The molecule has 1 heteroatoms. The Bertz CT molecular complexity index is 341. The van der Waals surface area contributed by atoms with Crippen LogP contribution in [0.1, 0.15) is 42.4 Å². The number of rotatable bonds is 3. The molecule has 14 heavy (non-hydrogen) atoms. The third kappa shape index (κ3) is 1.72. The van der Waals surface area contributed by atoms with Crippen LogP contribution in [0.25, 0.3) is 0 Å². The molecule has 0 unspecified atom stereocenters. The first-order valence-electron chi connectivity index (χ1n) is 5.36. The van der Waals surface area contributed by atoms with Crippen molar-refractivity contribution < 1.29 is 4.79 Å². The van der Waals surface area contributed by atoms with Gasteiger partial charge in [-0.25, -0.2) is 0 Å². The standard InChI is InChI=1S/C13H16O/c1-10-4-6-12-7-5-11(3-2-8-14)9-13(10)12/h5,7-10H,2-4,6H2,1H3/t10-/m1/s1. The van der Waals surface area contributed by atoms with E-state index in [2.05, 4.69) is 25.1 Å². The maximum absolute atomic E-state index is 10.3. The fourth-order valence-electron chi connectivity index (χ4n) is 2.24. The molecular formula is C13H16O. The number of aryl methyl sites for hydroxylation is 2. The van der Waals surface area contributed by atoms with Gasteiger partial charge in [0.15, 0.2) is 0 Å². The lowest BCUT2D eigenvalue weighted by Crippen LogP contribution is -1.91. The summed E-state index contributed by atoms with van der Waals surface area (Å²) >= 11 is 0. The first-order valence-corrected chi connectivity index (χ1v) is 5.36. The highest BCUT2D eigenvalue weighted by molar-refractivity contribution is 5.50. The Balaban J connectivity index is 2.21. The highest BCUT2D eigenvalue weighted by atomic mass is 16.1. The monoisotopic (exact) mass is 188 g/mol. The van der Waals surface area contributed by atoms with Gasteiger partial charge < -0.3 is 4.79 Å². The number of hydrogen-bond donors (Lipinski definition) is 0. The van der Waals surface area contributed by atoms with Crippen molar-refractivity contribution in [1.82, 2.24) is 0 Å². The van der Waals surface area contributed by atoms with Gasteiger partial charge in [-0.3, -0.25) is 0 Å². The molecule has 0 heterocycles. The van der Waals surface area contributed by atoms with Crippen molar-refractivity contribution >= 4 is 6.29 Å². The van der Waals surface area contributed by atoms with E-state index in [-0.39, 0.29) is 0 Å². The molecule has 1 aromatic carbocycles. The average molecular weight is 188 g/mol. The highest BCUT2D eigenvalue weighted by Crippen LogP contribution is 2.33. The van der Waals surface area contributed by atoms with E-state index in [0.29, 0.717) is 12.3 Å². The lowest BCUT2D eigenvalue weighted by Gasteiger charge is -2.06. The van der Waals surface area contributed by atoms with Gasteiger partial charge in [-0.1, -0.05) is 25.1 Å². The van der Waals surface area contributed by atoms with Gasteiger partial charge in [0.2, 0.25) is 0 Å². The number of fused-ring (bicyclic) bond motifs is 1. The molecule has 2 rings (SSSR count). The summed E-state index contributed by atoms with van der Waals surface area (Å²) in [4.78, 5) is 10.3. The molecule has 1 aromatic rings. The van der Waals surface area contributed by atoms with E-state index < -0.39 is 0 Å². The maximum Gasteiger partial charge on any atom is 0.120 e. The molecule has 0 amide bonds. The molecule has 74 valence electrons. The number of aldehydes is 1. The van der Waals surface area contributed by atoms with Gasteiger partial charge in [0.25, 0.3) is 0 Å². The van der Waals surface area contributed by atoms with E-state index in [1.165, 1.54) is 29.5 Å². The van der Waals surface area contributed by atoms with Crippen LogP contribution in [0.3, 0.4) is 0 Å². The third-order valence-electron chi connectivity index (χ3n) is 3.14. The molecule has 0 spiro atoms. The second-order valence-corrected chi connectivity index (χ2v) is 4.18. The van der Waals surface area contributed by atoms with Crippen LogP contribution in [-0.2, 0) is 17.6 Å². The van der Waals surface area contributed by atoms with E-state index in [0.717, 1.165) is 12.7 Å². The molecule has 0 bridgehead atoms. The summed E-state index contributed by atoms with van der Waals surface area (Å²) in [5.41, 5.74) is 4.32. The van der Waals surface area contributed by atoms with Crippen LogP contribution < -0.4 is 0 Å². The zero-order chi connectivity index (χ0) is 9.97. The van der Waals surface area contributed by atoms with Crippen molar-refractivity contribution in [2.75, 3.05) is 0 Å². The summed E-state index contributed by atoms with van der Waals surface area (Å²) in [5, 5.41) is 0. The smallest absolute Gasteiger partial charge is 0.120 e. The minimum absolute atomic E-state index is 0.646. The summed E-state index contributed by atoms with van der Waals surface area (Å²) in [6.07, 6.45) is 5.05. The second kappa shape index (κ2) is 3.95. The van der Waals surface area contributed by atoms with Crippen LogP contribution in [-0.4, -0.2) is 6.29 Å². The number of carbonyl (C=O) groups excluding carboxylic acids is 1. The SMILES string of the molecule is C[C@@H]1CCc2ccc(CCC=O)cc21. The van der Waals surface area contributed by atoms with E-state index in [1.807, 2.05) is 0 Å². The summed E-state index contributed by atoms with van der Waals surface area (Å²) < 4.78 is 0. The van der Waals surface area contributed by atoms with Gasteiger partial charge in [0, 0.05) is 6.42 Å². The van der Waals surface area contributed by atoms with Crippen LogP contribution in [0, 0.1) is 0 Å². The fraction of sp³-hybridized carbons (Fsp3) is 0.462. The van der Waals surface area contributed by atoms with Crippen molar-refractivity contribution in [2.45, 2.75) is 38.5 Å². The minimum Gasteiger partial charge on any atom is -0.303 e. The van der Waals surface area contributed by atoms with Crippen LogP contribution in [0.4, 0.5) is 0 Å². The third-order valence-corrected chi connectivity index (χ3v) is 3.14. The Hall–Kier alpha value is -1.11. The Morgan fingerprint density at radius 2 is 2.36 bits per heavy atom. The zero-order valence-corrected chi connectivity index (χ0v) is 8.62. The summed E-state index contributed by atoms with van der Waals surface area (Å²) in [6.45, 7) is 2.29. The number of carbonyl (C=O) groups is 1. The molecule has 1 nitrogen and oxygen atoms in total. The van der Waals surface area contributed by atoms with Gasteiger partial charge in [0.05, 0.1) is 0 Å². The number of benzene rings is 1. The highest BCUT2D eigenvalue weighted by Gasteiger charge is 2.17. The predicted octanol–water partition coefficient (Wildman–Crippen LogP) is 2.87. The molecule has 0 N–H and O–H groups in total. The topological polar surface area (TPSA) is 17.1 Å². The van der Waals surface area contributed by atoms with Crippen molar-refractivity contribution in [2.24, 2.45) is 0 Å². The maximum atomic E-state index is 10.3. The van der Waals surface area contributed by atoms with Crippen LogP contribution >= 0.6 is 0 Å². The van der Waals surface area contributed by atoms with Crippen molar-refractivity contribution in [3.63, 3.8) is 0 Å². The van der Waals surface area contributed by atoms with Gasteiger partial charge in [-0.2, -0.15) is 0 Å². The molecule has 0 fully saturated rings. The van der Waals surface area contributed by atoms with Crippen molar-refractivity contribution in [1.29, 1.82) is 0 Å². The Kier molecular flexibility index (Phi) is 2.67. The Morgan fingerprint density at radius 1 is 1.50 bits per heavy atom. The van der Waals surface area contributed by atoms with Gasteiger partial charge in [-0.05, 0) is 41.9 Å². The van der Waals surface area contributed by atoms with Crippen LogP contribution in [0.2, 0.25) is 0 Å². The molecule has 0 saturated carbocycles. The second-order valence-electron chi connectivity index (χ2n) is 4.18. The molecule has 1 aliphatic carbocycles. The molecule has 0 aromatic heterocycles. The summed E-state index contributed by atoms with van der Waals surface area (Å²) in [5.74, 6) is 0.709. The molecule has 0 saturated heterocycles. The largest absolute Gasteiger partial charge is 0.303 e. The van der Waals surface area contributed by atoms with Crippen LogP contribution in [0.5, 0.6) is 0 Å². The Labute approximate surface area is 85.1 Å². The molecular weight excluding hydrogens is 172 g/mol. The lowest BCUT2D eigenvalue weighted by molar-refractivity contribution is -0.107. The first-order chi connectivity index (χ1) is 6.81. The Morgan fingerprint density at radius 3 is 3.14 bits per heavy atom. The van der Waals surface area contributed by atoms with E-state index in [4.69, 9.17) is 0 Å². The van der Waals surface area contributed by atoms with E-state index in [1.54, 1.807) is 0 Å². The first kappa shape index (κ1) is 9.45. The fourth-order valence-corrected chi connectivity index (χ4v) is 2.24. The summed E-state index contributed by atoms with van der Waals surface area (Å²) in [7, 11) is 0. The van der Waals surface area contributed by atoms with Gasteiger partial charge in [-0.15, -0.1) is 0 Å². The quantitative estimate of drug-likeness (QED) is 0.667. The zero-order valence-electron chi connectivity index (χ0n) is 8.62. The molecule has 0 aliphatic heterocycles. The molecule has 0 radical (unpaired) electrons. The molecule has 1 atom stereocenters. The minimum atomic E-state index is 0.646. The molecule has 1 aliphatic rings. The van der Waals surface area contributed by atoms with Crippen LogP contribution in [0.15, 0.2) is 18.2 Å². The van der Waals surface area contributed by atoms with Crippen molar-refractivity contribution in [3.05, 3.63) is 34.9 Å².